The summed E-state index contributed by atoms with van der Waals surface area (Å²) >= 11 is 0. The molecule has 2 aromatic heterocycles. The van der Waals surface area contributed by atoms with Crippen LogP contribution in [0.4, 0.5) is 5.82 Å². The van der Waals surface area contributed by atoms with Crippen LogP contribution in [0.2, 0.25) is 0 Å². The third-order valence-electron chi connectivity index (χ3n) is 4.90. The van der Waals surface area contributed by atoms with E-state index >= 15 is 0 Å². The predicted octanol–water partition coefficient (Wildman–Crippen LogP) is 1.29. The molecule has 0 saturated heterocycles. The van der Waals surface area contributed by atoms with Crippen LogP contribution in [0.5, 0.6) is 0 Å². The first-order valence-electron chi connectivity index (χ1n) is 8.49. The van der Waals surface area contributed by atoms with Gasteiger partial charge in [-0.25, -0.2) is 4.79 Å². The monoisotopic (exact) mass is 370 g/mol. The van der Waals surface area contributed by atoms with Crippen molar-refractivity contribution < 1.29 is 9.21 Å². The summed E-state index contributed by atoms with van der Waals surface area (Å²) in [5.41, 5.74) is 5.19. The normalized spacial score (nSPS) is 12.6. The lowest BCUT2D eigenvalue weighted by Crippen LogP contribution is -2.43. The Balaban J connectivity index is 1.88. The van der Waals surface area contributed by atoms with Crippen LogP contribution >= 0.6 is 0 Å². The van der Waals surface area contributed by atoms with Gasteiger partial charge < -0.3 is 10.2 Å². The van der Waals surface area contributed by atoms with Crippen molar-refractivity contribution in [2.24, 2.45) is 14.1 Å². The first-order chi connectivity index (χ1) is 12.7. The highest BCUT2D eigenvalue weighted by molar-refractivity contribution is 6.01. The second-order valence-electron chi connectivity index (χ2n) is 6.67. The Labute approximate surface area is 155 Å². The number of nitrogen functional groups attached to an aromatic ring is 1. The van der Waals surface area contributed by atoms with Gasteiger partial charge in [0.15, 0.2) is 5.78 Å². The second-order valence-corrected chi connectivity index (χ2v) is 6.67. The summed E-state index contributed by atoms with van der Waals surface area (Å²) in [5.74, 6) is 0.139. The summed E-state index contributed by atoms with van der Waals surface area (Å²) in [6.45, 7) is 1.86. The number of nitrogens with zero attached hydrogens (tertiary/aromatic N) is 3. The minimum absolute atomic E-state index is 0.0458. The zero-order valence-electron chi connectivity index (χ0n) is 15.7. The van der Waals surface area contributed by atoms with Crippen molar-refractivity contribution in [2.75, 3.05) is 19.3 Å². The van der Waals surface area contributed by atoms with Crippen LogP contribution in [-0.4, -0.2) is 33.4 Å². The van der Waals surface area contributed by atoms with Gasteiger partial charge in [0.1, 0.15) is 22.7 Å². The van der Waals surface area contributed by atoms with Crippen LogP contribution in [0.3, 0.4) is 0 Å². The lowest BCUT2D eigenvalue weighted by Gasteiger charge is -2.22. The third-order valence-corrected chi connectivity index (χ3v) is 4.90. The molecule has 3 aromatic rings. The van der Waals surface area contributed by atoms with Gasteiger partial charge in [-0.2, -0.15) is 0 Å². The molecule has 0 radical (unpaired) electrons. The molecule has 142 valence electrons. The minimum atomic E-state index is -0.689. The molecule has 0 spiro atoms. The molecule has 1 atom stereocenters. The summed E-state index contributed by atoms with van der Waals surface area (Å²) < 4.78 is 7.83. The van der Waals surface area contributed by atoms with Gasteiger partial charge in [-0.1, -0.05) is 18.2 Å². The van der Waals surface area contributed by atoms with Crippen LogP contribution < -0.4 is 17.0 Å². The summed E-state index contributed by atoms with van der Waals surface area (Å²) in [7, 11) is 4.51. The second kappa shape index (κ2) is 6.88. The largest absolute Gasteiger partial charge is 0.459 e. The molecule has 0 bridgehead atoms. The standard InChI is InChI=1S/C19H22N4O4/c1-11(15-9-12-7-5-6-8-14(12)27-15)21(2)10-13(24)16-17(20)22(3)19(26)23(4)18(16)25/h5-9,11H,10,20H2,1-4H3. The van der Waals surface area contributed by atoms with E-state index in [0.717, 1.165) is 20.1 Å². The molecule has 0 fully saturated rings. The molecule has 3 rings (SSSR count). The lowest BCUT2D eigenvalue weighted by molar-refractivity contribution is 0.0916. The van der Waals surface area contributed by atoms with Gasteiger partial charge in [0.2, 0.25) is 0 Å². The molecule has 1 unspecified atom stereocenters. The topological polar surface area (TPSA) is 103 Å². The summed E-state index contributed by atoms with van der Waals surface area (Å²) in [4.78, 5) is 38.8. The number of rotatable bonds is 5. The van der Waals surface area contributed by atoms with Gasteiger partial charge in [0.25, 0.3) is 5.56 Å². The maximum atomic E-state index is 12.7. The Hall–Kier alpha value is -3.13. The van der Waals surface area contributed by atoms with Gasteiger partial charge in [0.05, 0.1) is 12.6 Å². The molecule has 27 heavy (non-hydrogen) atoms. The van der Waals surface area contributed by atoms with Crippen molar-refractivity contribution in [1.29, 1.82) is 0 Å². The van der Waals surface area contributed by atoms with Gasteiger partial charge in [-0.15, -0.1) is 0 Å². The Bertz CT molecular complexity index is 1110. The fourth-order valence-electron chi connectivity index (χ4n) is 2.99. The zero-order valence-corrected chi connectivity index (χ0v) is 15.7. The van der Waals surface area contributed by atoms with Gasteiger partial charge >= 0.3 is 5.69 Å². The molecule has 0 saturated carbocycles. The predicted molar refractivity (Wildman–Crippen MR) is 103 cm³/mol. The first kappa shape index (κ1) is 18.7. The van der Waals surface area contributed by atoms with Crippen molar-refractivity contribution in [3.63, 3.8) is 0 Å². The molecule has 0 amide bonds. The van der Waals surface area contributed by atoms with Crippen LogP contribution in [0.1, 0.15) is 29.1 Å². The number of benzene rings is 1. The molecule has 0 aliphatic carbocycles. The zero-order chi connectivity index (χ0) is 19.9. The number of likely N-dealkylation sites (N-methyl/N-ethyl adjacent to an activating group) is 1. The van der Waals surface area contributed by atoms with Crippen molar-refractivity contribution in [3.8, 4) is 0 Å². The van der Waals surface area contributed by atoms with E-state index in [9.17, 15) is 14.4 Å². The molecule has 8 heteroatoms. The molecule has 0 aliphatic heterocycles. The number of para-hydroxylation sites is 1. The van der Waals surface area contributed by atoms with E-state index in [4.69, 9.17) is 10.2 Å². The fraction of sp³-hybridized carbons (Fsp3) is 0.316. The quantitative estimate of drug-likeness (QED) is 0.679. The number of nitrogens with two attached hydrogens (primary N) is 1. The number of hydrogen-bond donors (Lipinski definition) is 1. The summed E-state index contributed by atoms with van der Waals surface area (Å²) in [6.07, 6.45) is 0. The Kier molecular flexibility index (Phi) is 4.75. The molecule has 0 aliphatic rings. The maximum Gasteiger partial charge on any atom is 0.332 e. The molecular weight excluding hydrogens is 348 g/mol. The van der Waals surface area contributed by atoms with Crippen molar-refractivity contribution in [3.05, 3.63) is 62.5 Å². The van der Waals surface area contributed by atoms with E-state index in [1.807, 2.05) is 37.3 Å². The number of aromatic nitrogens is 2. The first-order valence-corrected chi connectivity index (χ1v) is 8.49. The highest BCUT2D eigenvalue weighted by Gasteiger charge is 2.24. The molecular formula is C19H22N4O4. The number of ketones is 1. The van der Waals surface area contributed by atoms with E-state index in [1.54, 1.807) is 11.9 Å². The molecule has 2 N–H and O–H groups in total. The van der Waals surface area contributed by atoms with E-state index in [2.05, 4.69) is 0 Å². The van der Waals surface area contributed by atoms with Crippen molar-refractivity contribution >= 4 is 22.6 Å². The average Bonchev–Trinajstić information content (AvgIpc) is 3.08. The highest BCUT2D eigenvalue weighted by Crippen LogP contribution is 2.26. The fourth-order valence-corrected chi connectivity index (χ4v) is 2.99. The number of furan rings is 1. The van der Waals surface area contributed by atoms with E-state index in [0.29, 0.717) is 5.76 Å². The van der Waals surface area contributed by atoms with Gasteiger partial charge in [0, 0.05) is 19.5 Å². The number of carbonyl (C=O) groups excluding carboxylic acids is 1. The average molecular weight is 370 g/mol. The highest BCUT2D eigenvalue weighted by atomic mass is 16.3. The van der Waals surface area contributed by atoms with E-state index < -0.39 is 17.0 Å². The SMILES string of the molecule is CC(c1cc2ccccc2o1)N(C)CC(=O)c1c(N)n(C)c(=O)n(C)c1=O. The Morgan fingerprint density at radius 3 is 2.56 bits per heavy atom. The van der Waals surface area contributed by atoms with Crippen LogP contribution in [0, 0.1) is 0 Å². The van der Waals surface area contributed by atoms with E-state index in [-0.39, 0.29) is 24.0 Å². The minimum Gasteiger partial charge on any atom is -0.459 e. The third kappa shape index (κ3) is 3.19. The maximum absolute atomic E-state index is 12.7. The molecule has 8 nitrogen and oxygen atoms in total. The Morgan fingerprint density at radius 2 is 1.89 bits per heavy atom. The number of anilines is 1. The lowest BCUT2D eigenvalue weighted by atomic mass is 10.1. The number of fused-ring (bicyclic) bond motifs is 1. The van der Waals surface area contributed by atoms with Crippen LogP contribution in [0.25, 0.3) is 11.0 Å². The molecule has 1 aromatic carbocycles. The van der Waals surface area contributed by atoms with Gasteiger partial charge in [-0.3, -0.25) is 23.6 Å². The van der Waals surface area contributed by atoms with E-state index in [1.165, 1.54) is 14.1 Å². The smallest absolute Gasteiger partial charge is 0.332 e. The van der Waals surface area contributed by atoms with Gasteiger partial charge in [-0.05, 0) is 26.1 Å². The van der Waals surface area contributed by atoms with Crippen molar-refractivity contribution in [2.45, 2.75) is 13.0 Å². The van der Waals surface area contributed by atoms with Crippen LogP contribution in [0.15, 0.2) is 44.3 Å². The Morgan fingerprint density at radius 1 is 1.22 bits per heavy atom. The summed E-state index contributed by atoms with van der Waals surface area (Å²) in [6, 6.07) is 9.39. The number of carbonyl (C=O) groups is 1. The molecule has 2 heterocycles. The van der Waals surface area contributed by atoms with Crippen LogP contribution in [-0.2, 0) is 14.1 Å². The number of hydrogen-bond acceptors (Lipinski definition) is 6. The number of Topliss-reactive ketones (excluding diaryl/α,β-unsaturated/α-hetero) is 1. The summed E-state index contributed by atoms with van der Waals surface area (Å²) in [5, 5.41) is 0.982. The van der Waals surface area contributed by atoms with Crippen molar-refractivity contribution in [1.82, 2.24) is 14.0 Å².